The first-order valence-electron chi connectivity index (χ1n) is 6.23. The van der Waals surface area contributed by atoms with Crippen molar-refractivity contribution in [3.63, 3.8) is 0 Å². The van der Waals surface area contributed by atoms with Gasteiger partial charge in [-0.25, -0.2) is 9.18 Å². The molecule has 0 fully saturated rings. The molecule has 126 valence electrons. The number of nitriles is 1. The van der Waals surface area contributed by atoms with Gasteiger partial charge in [0, 0.05) is 12.3 Å². The van der Waals surface area contributed by atoms with Gasteiger partial charge in [-0.2, -0.15) is 5.26 Å². The maximum Gasteiger partial charge on any atom is 0.573 e. The zero-order valence-electron chi connectivity index (χ0n) is 12.0. The Balaban J connectivity index is 2.57. The Hall–Kier alpha value is -3.22. The Morgan fingerprint density at radius 3 is 2.54 bits per heavy atom. The summed E-state index contributed by atoms with van der Waals surface area (Å²) in [7, 11) is 1.06. The normalized spacial score (nSPS) is 11.0. The minimum Gasteiger partial charge on any atom is -0.464 e. The van der Waals surface area contributed by atoms with E-state index in [1.54, 1.807) is 6.07 Å². The van der Waals surface area contributed by atoms with E-state index >= 15 is 0 Å². The Labute approximate surface area is 132 Å². The molecule has 0 radical (unpaired) electrons. The first-order valence-corrected chi connectivity index (χ1v) is 6.23. The van der Waals surface area contributed by atoms with Gasteiger partial charge in [0.05, 0.1) is 24.0 Å². The summed E-state index contributed by atoms with van der Waals surface area (Å²) in [6.45, 7) is 0. The number of hydrogen-bond donors (Lipinski definition) is 1. The Bertz CT molecular complexity index is 837. The van der Waals surface area contributed by atoms with Crippen LogP contribution in [0.1, 0.15) is 16.1 Å². The molecular formula is C14H9F4N3O3. The molecule has 0 saturated heterocycles. The molecule has 0 aliphatic carbocycles. The van der Waals surface area contributed by atoms with E-state index in [2.05, 4.69) is 9.47 Å². The first-order chi connectivity index (χ1) is 11.2. The highest BCUT2D eigenvalue weighted by atomic mass is 19.4. The van der Waals surface area contributed by atoms with Gasteiger partial charge in [-0.15, -0.1) is 13.2 Å². The molecule has 6 nitrogen and oxygen atoms in total. The quantitative estimate of drug-likeness (QED) is 0.684. The molecule has 0 atom stereocenters. The second kappa shape index (κ2) is 6.11. The largest absolute Gasteiger partial charge is 0.573 e. The van der Waals surface area contributed by atoms with Gasteiger partial charge in [0.25, 0.3) is 0 Å². The monoisotopic (exact) mass is 343 g/mol. The predicted octanol–water partition coefficient (Wildman–Crippen LogP) is 2.76. The number of anilines is 1. The number of ether oxygens (including phenoxy) is 2. The summed E-state index contributed by atoms with van der Waals surface area (Å²) in [6.07, 6.45) is -3.90. The maximum absolute atomic E-state index is 14.2. The number of alkyl halides is 3. The van der Waals surface area contributed by atoms with Crippen LogP contribution in [0.15, 0.2) is 24.4 Å². The zero-order chi connectivity index (χ0) is 18.1. The third-order valence-electron chi connectivity index (χ3n) is 2.96. The average molecular weight is 343 g/mol. The molecule has 2 aromatic rings. The summed E-state index contributed by atoms with van der Waals surface area (Å²) in [5.74, 6) is -2.84. The predicted molar refractivity (Wildman–Crippen MR) is 72.9 cm³/mol. The van der Waals surface area contributed by atoms with Crippen LogP contribution in [0.3, 0.4) is 0 Å². The van der Waals surface area contributed by atoms with E-state index in [0.717, 1.165) is 30.0 Å². The summed E-state index contributed by atoms with van der Waals surface area (Å²) in [5.41, 5.74) is 4.67. The molecule has 10 heteroatoms. The van der Waals surface area contributed by atoms with E-state index in [1.807, 2.05) is 0 Å². The van der Waals surface area contributed by atoms with E-state index in [0.29, 0.717) is 6.07 Å². The molecule has 0 unspecified atom stereocenters. The molecule has 0 saturated carbocycles. The van der Waals surface area contributed by atoms with Crippen molar-refractivity contribution in [3.8, 4) is 17.5 Å². The fourth-order valence-electron chi connectivity index (χ4n) is 1.98. The fraction of sp³-hybridized carbons (Fsp3) is 0.143. The number of methoxy groups -OCH3 is 1. The molecule has 0 amide bonds. The number of nitrogen functional groups attached to an aromatic ring is 1. The topological polar surface area (TPSA) is 90.3 Å². The third kappa shape index (κ3) is 3.24. The summed E-state index contributed by atoms with van der Waals surface area (Å²) in [4.78, 5) is 11.8. The van der Waals surface area contributed by atoms with Crippen LogP contribution in [-0.2, 0) is 4.74 Å². The summed E-state index contributed by atoms with van der Waals surface area (Å²) in [6, 6.07) is 4.01. The number of aromatic nitrogens is 1. The van der Waals surface area contributed by atoms with Crippen LogP contribution < -0.4 is 10.5 Å². The second-order valence-corrected chi connectivity index (χ2v) is 4.44. The number of halogens is 4. The highest BCUT2D eigenvalue weighted by Gasteiger charge is 2.31. The highest BCUT2D eigenvalue weighted by molar-refractivity contribution is 5.95. The van der Waals surface area contributed by atoms with E-state index in [9.17, 15) is 22.4 Å². The lowest BCUT2D eigenvalue weighted by molar-refractivity contribution is -0.274. The zero-order valence-corrected chi connectivity index (χ0v) is 12.0. The van der Waals surface area contributed by atoms with E-state index in [-0.39, 0.29) is 22.6 Å². The SMILES string of the molecule is COC(=O)c1c(N)c(C#N)cn1-c1ccc(OC(F)(F)F)cc1F. The second-order valence-electron chi connectivity index (χ2n) is 4.44. The number of carbonyl (C=O) groups is 1. The molecule has 2 rings (SSSR count). The van der Waals surface area contributed by atoms with Crippen molar-refractivity contribution in [1.29, 1.82) is 5.26 Å². The molecule has 0 aliphatic rings. The van der Waals surface area contributed by atoms with Crippen LogP contribution in [0.4, 0.5) is 23.2 Å². The van der Waals surface area contributed by atoms with Gasteiger partial charge < -0.3 is 19.8 Å². The van der Waals surface area contributed by atoms with Gasteiger partial charge in [0.15, 0.2) is 11.5 Å². The third-order valence-corrected chi connectivity index (χ3v) is 2.96. The van der Waals surface area contributed by atoms with Crippen molar-refractivity contribution in [3.05, 3.63) is 41.5 Å². The molecule has 2 N–H and O–H groups in total. The summed E-state index contributed by atoms with van der Waals surface area (Å²) in [5, 5.41) is 8.96. The van der Waals surface area contributed by atoms with Crippen LogP contribution >= 0.6 is 0 Å². The number of carbonyl (C=O) groups excluding carboxylic acids is 1. The maximum atomic E-state index is 14.2. The Kier molecular flexibility index (Phi) is 4.37. The van der Waals surface area contributed by atoms with E-state index in [1.165, 1.54) is 0 Å². The van der Waals surface area contributed by atoms with E-state index in [4.69, 9.17) is 11.0 Å². The van der Waals surface area contributed by atoms with Crippen molar-refractivity contribution in [2.24, 2.45) is 0 Å². The van der Waals surface area contributed by atoms with Gasteiger partial charge in [0.2, 0.25) is 0 Å². The van der Waals surface area contributed by atoms with Gasteiger partial charge in [-0.1, -0.05) is 0 Å². The lowest BCUT2D eigenvalue weighted by Gasteiger charge is -2.12. The molecule has 1 aromatic carbocycles. The lowest BCUT2D eigenvalue weighted by Crippen LogP contribution is -2.17. The van der Waals surface area contributed by atoms with Crippen LogP contribution in [-0.4, -0.2) is 24.0 Å². The van der Waals surface area contributed by atoms with Crippen LogP contribution in [0.5, 0.6) is 5.75 Å². The van der Waals surface area contributed by atoms with Gasteiger partial charge in [0.1, 0.15) is 11.8 Å². The summed E-state index contributed by atoms with van der Waals surface area (Å²) >= 11 is 0. The lowest BCUT2D eigenvalue weighted by atomic mass is 10.2. The van der Waals surface area contributed by atoms with Crippen molar-refractivity contribution in [1.82, 2.24) is 4.57 Å². The van der Waals surface area contributed by atoms with Gasteiger partial charge >= 0.3 is 12.3 Å². The van der Waals surface area contributed by atoms with Gasteiger partial charge in [-0.05, 0) is 12.1 Å². The number of nitrogens with zero attached hydrogens (tertiary/aromatic N) is 2. The smallest absolute Gasteiger partial charge is 0.464 e. The minimum atomic E-state index is -4.98. The van der Waals surface area contributed by atoms with E-state index < -0.39 is 23.9 Å². The van der Waals surface area contributed by atoms with Crippen molar-refractivity contribution < 1.29 is 31.8 Å². The Morgan fingerprint density at radius 2 is 2.04 bits per heavy atom. The minimum absolute atomic E-state index is 0.120. The molecule has 0 bridgehead atoms. The van der Waals surface area contributed by atoms with Crippen LogP contribution in [0.25, 0.3) is 5.69 Å². The molecule has 1 heterocycles. The van der Waals surface area contributed by atoms with Crippen molar-refractivity contribution in [2.75, 3.05) is 12.8 Å². The number of benzene rings is 1. The number of hydrogen-bond acceptors (Lipinski definition) is 5. The summed E-state index contributed by atoms with van der Waals surface area (Å²) < 4.78 is 59.7. The standard InChI is InChI=1S/C14H9F4N3O3/c1-23-13(22)12-11(20)7(5-19)6-21(12)10-3-2-8(4-9(10)15)24-14(16,17)18/h2-4,6H,20H2,1H3. The number of nitrogens with two attached hydrogens (primary N) is 1. The number of esters is 1. The molecule has 0 aliphatic heterocycles. The van der Waals surface area contributed by atoms with Crippen LogP contribution in [0.2, 0.25) is 0 Å². The average Bonchev–Trinajstić information content (AvgIpc) is 2.81. The molecule has 24 heavy (non-hydrogen) atoms. The fourth-order valence-corrected chi connectivity index (χ4v) is 1.98. The molecule has 1 aromatic heterocycles. The van der Waals surface area contributed by atoms with Gasteiger partial charge in [-0.3, -0.25) is 0 Å². The molecular weight excluding hydrogens is 334 g/mol. The number of rotatable bonds is 3. The first kappa shape index (κ1) is 17.1. The van der Waals surface area contributed by atoms with Crippen LogP contribution in [0, 0.1) is 17.1 Å². The highest BCUT2D eigenvalue weighted by Crippen LogP contribution is 2.29. The van der Waals surface area contributed by atoms with Crippen molar-refractivity contribution >= 4 is 11.7 Å². The molecule has 0 spiro atoms. The Morgan fingerprint density at radius 1 is 1.38 bits per heavy atom. The van der Waals surface area contributed by atoms with Crippen molar-refractivity contribution in [2.45, 2.75) is 6.36 Å².